The topological polar surface area (TPSA) is 114 Å². The van der Waals surface area contributed by atoms with Crippen LogP contribution in [0.5, 0.6) is 0 Å². The van der Waals surface area contributed by atoms with Gasteiger partial charge in [0.05, 0.1) is 30.2 Å². The van der Waals surface area contributed by atoms with Crippen LogP contribution in [-0.2, 0) is 20.9 Å². The largest absolute Gasteiger partial charge is 0.402 e. The second kappa shape index (κ2) is 11.5. The van der Waals surface area contributed by atoms with E-state index in [0.717, 1.165) is 16.9 Å². The van der Waals surface area contributed by atoms with E-state index in [1.807, 2.05) is 29.2 Å². The molecule has 6 rings (SSSR count). The summed E-state index contributed by atoms with van der Waals surface area (Å²) in [5, 5.41) is 8.98. The molecule has 4 aliphatic heterocycles. The molecule has 0 bridgehead atoms. The molecule has 3 saturated heterocycles. The summed E-state index contributed by atoms with van der Waals surface area (Å²) in [7, 11) is 0. The van der Waals surface area contributed by atoms with Crippen LogP contribution in [0, 0.1) is 17.2 Å². The smallest absolute Gasteiger partial charge is 0.372 e. The quantitative estimate of drug-likeness (QED) is 0.552. The average Bonchev–Trinajstić information content (AvgIpc) is 3.61. The average molecular weight is 584 g/mol. The first-order chi connectivity index (χ1) is 20.2. The van der Waals surface area contributed by atoms with E-state index in [4.69, 9.17) is 10.00 Å². The number of alkyl halides is 3. The molecule has 1 aromatic carbocycles. The van der Waals surface area contributed by atoms with E-state index >= 15 is 0 Å². The molecule has 3 fully saturated rings. The second-order valence-electron chi connectivity index (χ2n) is 11.2. The van der Waals surface area contributed by atoms with E-state index in [1.165, 1.54) is 6.20 Å². The lowest BCUT2D eigenvalue weighted by Crippen LogP contribution is -2.64. The highest BCUT2D eigenvalue weighted by molar-refractivity contribution is 5.80. The first kappa shape index (κ1) is 28.4. The lowest BCUT2D eigenvalue weighted by Gasteiger charge is -2.42. The number of fused-ring (bicyclic) bond motifs is 1. The molecule has 1 aromatic heterocycles. The highest BCUT2D eigenvalue weighted by atomic mass is 19.4. The number of halogens is 3. The Morgan fingerprint density at radius 2 is 1.90 bits per heavy atom. The second-order valence-corrected chi connectivity index (χ2v) is 11.2. The minimum absolute atomic E-state index is 0.0120. The first-order valence-corrected chi connectivity index (χ1v) is 14.2. The Bertz CT molecular complexity index is 1360. The summed E-state index contributed by atoms with van der Waals surface area (Å²) in [6.07, 6.45) is -2.45. The van der Waals surface area contributed by atoms with Crippen LogP contribution in [0.25, 0.3) is 0 Å². The van der Waals surface area contributed by atoms with Gasteiger partial charge in [-0.05, 0) is 36.1 Å². The number of rotatable bonds is 5. The Morgan fingerprint density at radius 1 is 1.12 bits per heavy atom. The van der Waals surface area contributed by atoms with Crippen molar-refractivity contribution in [2.24, 2.45) is 5.92 Å². The molecule has 10 nitrogen and oxygen atoms in total. The third-order valence-electron chi connectivity index (χ3n) is 8.78. The SMILES string of the molecule is N#Cc1ccc(N2CCN(C(=O)C[C@H]3CC[C@@H]([C@@H]4c5ccccc5CN4C4CNNC(=O)C4C(F)(F)F)O3)CC2)nc1. The third-order valence-corrected chi connectivity index (χ3v) is 8.78. The molecule has 222 valence electrons. The Labute approximate surface area is 241 Å². The molecule has 0 saturated carbocycles. The number of amides is 2. The van der Waals surface area contributed by atoms with Gasteiger partial charge in [0.15, 0.2) is 5.92 Å². The van der Waals surface area contributed by atoms with E-state index < -0.39 is 36.2 Å². The molecular formula is C29H32F3N7O3. The van der Waals surface area contributed by atoms with E-state index in [-0.39, 0.29) is 31.5 Å². The van der Waals surface area contributed by atoms with Crippen molar-refractivity contribution in [2.45, 2.75) is 56.3 Å². The van der Waals surface area contributed by atoms with E-state index in [2.05, 4.69) is 26.8 Å². The summed E-state index contributed by atoms with van der Waals surface area (Å²) in [6.45, 7) is 2.56. The van der Waals surface area contributed by atoms with Gasteiger partial charge in [0, 0.05) is 51.5 Å². The molecule has 2 amide bonds. The van der Waals surface area contributed by atoms with Crippen molar-refractivity contribution in [3.63, 3.8) is 0 Å². The monoisotopic (exact) mass is 583 g/mol. The minimum atomic E-state index is -4.69. The van der Waals surface area contributed by atoms with Crippen molar-refractivity contribution >= 4 is 17.6 Å². The number of anilines is 1. The van der Waals surface area contributed by atoms with E-state index in [0.29, 0.717) is 44.6 Å². The lowest BCUT2D eigenvalue weighted by molar-refractivity contribution is -0.204. The number of hydrogen-bond donors (Lipinski definition) is 2. The van der Waals surface area contributed by atoms with Crippen LogP contribution in [0.2, 0.25) is 0 Å². The van der Waals surface area contributed by atoms with Gasteiger partial charge in [-0.25, -0.2) is 10.4 Å². The zero-order valence-corrected chi connectivity index (χ0v) is 22.9. The molecule has 0 aliphatic carbocycles. The standard InChI is InChI=1S/C29H32F3N7O3/c30-29(31,32)26-22(16-35-36-28(26)41)39-17-19-3-1-2-4-21(19)27(39)23-7-6-20(42-23)13-25(40)38-11-9-37(10-12-38)24-8-5-18(14-33)15-34-24/h1-5,8,15,20,22-23,26-27,35H,6-7,9-13,16-17H2,(H,36,41)/t20-,22?,23+,26?,27+/m1/s1. The third kappa shape index (κ3) is 5.54. The molecule has 42 heavy (non-hydrogen) atoms. The Hall–Kier alpha value is -3.73. The maximum atomic E-state index is 14.1. The number of piperazine rings is 1. The highest BCUT2D eigenvalue weighted by Crippen LogP contribution is 2.46. The summed E-state index contributed by atoms with van der Waals surface area (Å²) in [4.78, 5) is 35.5. The molecule has 13 heteroatoms. The Kier molecular flexibility index (Phi) is 7.78. The summed E-state index contributed by atoms with van der Waals surface area (Å²) >= 11 is 0. The molecule has 0 spiro atoms. The number of hydrogen-bond acceptors (Lipinski definition) is 8. The molecule has 4 aliphatic rings. The maximum Gasteiger partial charge on any atom is 0.402 e. The zero-order chi connectivity index (χ0) is 29.4. The van der Waals surface area contributed by atoms with Crippen molar-refractivity contribution in [3.05, 3.63) is 59.3 Å². The predicted molar refractivity (Wildman–Crippen MR) is 144 cm³/mol. The maximum absolute atomic E-state index is 14.1. The van der Waals surface area contributed by atoms with Crippen molar-refractivity contribution in [2.75, 3.05) is 37.6 Å². The first-order valence-electron chi connectivity index (χ1n) is 14.2. The summed E-state index contributed by atoms with van der Waals surface area (Å²) in [5.41, 5.74) is 7.11. The van der Waals surface area contributed by atoms with Gasteiger partial charge in [-0.15, -0.1) is 0 Å². The summed E-state index contributed by atoms with van der Waals surface area (Å²) in [6, 6.07) is 11.6. The van der Waals surface area contributed by atoms with E-state index in [9.17, 15) is 22.8 Å². The number of hydrazine groups is 1. The van der Waals surface area contributed by atoms with Crippen LogP contribution < -0.4 is 15.8 Å². The van der Waals surface area contributed by atoms with Crippen molar-refractivity contribution < 1.29 is 27.5 Å². The van der Waals surface area contributed by atoms with Gasteiger partial charge in [0.2, 0.25) is 11.8 Å². The molecule has 2 N–H and O–H groups in total. The number of ether oxygens (including phenoxy) is 1. The summed E-state index contributed by atoms with van der Waals surface area (Å²) in [5.74, 6) is -2.49. The molecule has 5 heterocycles. The highest BCUT2D eigenvalue weighted by Gasteiger charge is 2.56. The van der Waals surface area contributed by atoms with Gasteiger partial charge in [-0.3, -0.25) is 19.9 Å². The number of nitrogens with zero attached hydrogens (tertiary/aromatic N) is 5. The van der Waals surface area contributed by atoms with Crippen molar-refractivity contribution in [1.82, 2.24) is 25.6 Å². The normalized spacial score (nSPS) is 28.3. The minimum Gasteiger partial charge on any atom is -0.372 e. The number of pyridine rings is 1. The number of benzene rings is 1. The number of nitrogens with one attached hydrogen (secondary N) is 2. The van der Waals surface area contributed by atoms with Gasteiger partial charge >= 0.3 is 6.18 Å². The molecular weight excluding hydrogens is 551 g/mol. The zero-order valence-electron chi connectivity index (χ0n) is 22.9. The van der Waals surface area contributed by atoms with Gasteiger partial charge in [0.25, 0.3) is 0 Å². The number of carbonyl (C=O) groups is 2. The van der Waals surface area contributed by atoms with Crippen molar-refractivity contribution in [1.29, 1.82) is 5.26 Å². The molecule has 2 unspecified atom stereocenters. The Balaban J connectivity index is 1.10. The number of nitriles is 1. The summed E-state index contributed by atoms with van der Waals surface area (Å²) < 4.78 is 48.6. The Morgan fingerprint density at radius 3 is 2.62 bits per heavy atom. The van der Waals surface area contributed by atoms with Crippen molar-refractivity contribution in [3.8, 4) is 6.07 Å². The van der Waals surface area contributed by atoms with Crippen LogP contribution in [0.4, 0.5) is 19.0 Å². The van der Waals surface area contributed by atoms with Crippen LogP contribution in [0.15, 0.2) is 42.6 Å². The van der Waals surface area contributed by atoms with Gasteiger partial charge in [-0.2, -0.15) is 18.4 Å². The van der Waals surface area contributed by atoms with Gasteiger partial charge in [-0.1, -0.05) is 24.3 Å². The molecule has 2 aromatic rings. The van der Waals surface area contributed by atoms with Crippen LogP contribution in [-0.4, -0.2) is 83.7 Å². The fourth-order valence-electron chi connectivity index (χ4n) is 6.73. The van der Waals surface area contributed by atoms with Crippen LogP contribution in [0.1, 0.15) is 42.0 Å². The molecule has 0 radical (unpaired) electrons. The fourth-order valence-corrected chi connectivity index (χ4v) is 6.73. The van der Waals surface area contributed by atoms with Gasteiger partial charge < -0.3 is 14.5 Å². The fraction of sp³-hybridized carbons (Fsp3) is 0.517. The van der Waals surface area contributed by atoms with E-state index in [1.54, 1.807) is 17.0 Å². The lowest BCUT2D eigenvalue weighted by atomic mass is 9.92. The molecule has 5 atom stereocenters. The van der Waals surface area contributed by atoms with Crippen LogP contribution in [0.3, 0.4) is 0 Å². The number of aromatic nitrogens is 1. The predicted octanol–water partition coefficient (Wildman–Crippen LogP) is 2.28. The van der Waals surface area contributed by atoms with Crippen LogP contribution >= 0.6 is 0 Å². The van der Waals surface area contributed by atoms with Gasteiger partial charge in [0.1, 0.15) is 11.9 Å². The number of carbonyl (C=O) groups excluding carboxylic acids is 2.